The first-order chi connectivity index (χ1) is 11.2. The van der Waals surface area contributed by atoms with Gasteiger partial charge < -0.3 is 15.4 Å². The zero-order chi connectivity index (χ0) is 16.2. The number of hydrogen-bond donors (Lipinski definition) is 2. The van der Waals surface area contributed by atoms with E-state index in [0.717, 1.165) is 25.5 Å². The summed E-state index contributed by atoms with van der Waals surface area (Å²) in [5, 5.41) is 6.95. The molecule has 4 unspecified atom stereocenters. The summed E-state index contributed by atoms with van der Waals surface area (Å²) in [7, 11) is 0. The van der Waals surface area contributed by atoms with Crippen LogP contribution in [0.2, 0.25) is 0 Å². The molecule has 3 rings (SSSR count). The van der Waals surface area contributed by atoms with E-state index in [2.05, 4.69) is 55.7 Å². The topological polar surface area (TPSA) is 45.7 Å². The van der Waals surface area contributed by atoms with E-state index >= 15 is 0 Å². The van der Waals surface area contributed by atoms with Crippen molar-refractivity contribution in [3.8, 4) is 0 Å². The fraction of sp³-hybridized carbons (Fsp3) is 0.632. The van der Waals surface area contributed by atoms with Gasteiger partial charge in [-0.2, -0.15) is 0 Å². The molecule has 0 amide bonds. The Morgan fingerprint density at radius 2 is 2.04 bits per heavy atom. The van der Waals surface area contributed by atoms with Gasteiger partial charge >= 0.3 is 0 Å². The van der Waals surface area contributed by atoms with Gasteiger partial charge in [0.25, 0.3) is 0 Å². The highest BCUT2D eigenvalue weighted by Gasteiger charge is 2.41. The molecule has 1 aromatic carbocycles. The van der Waals surface area contributed by atoms with Crippen molar-refractivity contribution in [1.29, 1.82) is 0 Å². The minimum Gasteiger partial charge on any atom is -0.373 e. The summed E-state index contributed by atoms with van der Waals surface area (Å²) in [4.78, 5) is 4.80. The molecule has 24 heavy (non-hydrogen) atoms. The molecule has 2 fully saturated rings. The molecule has 2 N–H and O–H groups in total. The first-order valence-corrected chi connectivity index (χ1v) is 8.92. The molecule has 134 valence electrons. The Kier molecular flexibility index (Phi) is 7.34. The lowest BCUT2D eigenvalue weighted by Gasteiger charge is -2.23. The van der Waals surface area contributed by atoms with Gasteiger partial charge in [0.1, 0.15) is 0 Å². The molecule has 5 heteroatoms. The highest BCUT2D eigenvalue weighted by Crippen LogP contribution is 2.34. The third-order valence-electron chi connectivity index (χ3n) is 4.94. The lowest BCUT2D eigenvalue weighted by molar-refractivity contribution is 0.0992. The average Bonchev–Trinajstić information content (AvgIpc) is 3.16. The summed E-state index contributed by atoms with van der Waals surface area (Å²) in [6, 6.07) is 9.18. The molecule has 2 aliphatic rings. The molecular weight excluding hydrogens is 413 g/mol. The van der Waals surface area contributed by atoms with Crippen LogP contribution in [-0.2, 0) is 4.74 Å². The second kappa shape index (κ2) is 9.04. The van der Waals surface area contributed by atoms with Crippen LogP contribution < -0.4 is 10.6 Å². The van der Waals surface area contributed by atoms with Crippen molar-refractivity contribution < 1.29 is 4.74 Å². The lowest BCUT2D eigenvalue weighted by atomic mass is 9.96. The van der Waals surface area contributed by atoms with Gasteiger partial charge in [-0.3, -0.25) is 4.99 Å². The molecule has 0 radical (unpaired) electrons. The van der Waals surface area contributed by atoms with Crippen LogP contribution in [0.1, 0.15) is 50.2 Å². The number of aryl methyl sites for hydroxylation is 1. The zero-order valence-corrected chi connectivity index (χ0v) is 17.2. The van der Waals surface area contributed by atoms with Crippen molar-refractivity contribution in [2.45, 2.75) is 64.2 Å². The number of rotatable bonds is 5. The zero-order valence-electron chi connectivity index (χ0n) is 14.9. The van der Waals surface area contributed by atoms with E-state index in [1.165, 1.54) is 24.0 Å². The molecule has 0 spiro atoms. The largest absolute Gasteiger partial charge is 0.373 e. The third kappa shape index (κ3) is 4.85. The smallest absolute Gasteiger partial charge is 0.191 e. The molecule has 0 aliphatic carbocycles. The number of ether oxygens (including phenoxy) is 1. The molecule has 4 atom stereocenters. The van der Waals surface area contributed by atoms with E-state index in [1.807, 2.05) is 0 Å². The Morgan fingerprint density at radius 1 is 1.29 bits per heavy atom. The summed E-state index contributed by atoms with van der Waals surface area (Å²) in [5.41, 5.74) is 2.65. The first-order valence-electron chi connectivity index (χ1n) is 8.92. The van der Waals surface area contributed by atoms with Gasteiger partial charge in [-0.1, -0.05) is 36.8 Å². The summed E-state index contributed by atoms with van der Waals surface area (Å²) in [6.07, 6.45) is 4.36. The van der Waals surface area contributed by atoms with Crippen LogP contribution in [0.3, 0.4) is 0 Å². The van der Waals surface area contributed by atoms with Gasteiger partial charge in [0.15, 0.2) is 5.96 Å². The monoisotopic (exact) mass is 443 g/mol. The number of guanidine groups is 1. The maximum Gasteiger partial charge on any atom is 0.191 e. The molecule has 0 saturated carbocycles. The summed E-state index contributed by atoms with van der Waals surface area (Å²) < 4.78 is 5.92. The van der Waals surface area contributed by atoms with E-state index in [4.69, 9.17) is 9.73 Å². The summed E-state index contributed by atoms with van der Waals surface area (Å²) in [5.74, 6) is 1.34. The number of benzene rings is 1. The van der Waals surface area contributed by atoms with Gasteiger partial charge in [-0.25, -0.2) is 0 Å². The fourth-order valence-corrected chi connectivity index (χ4v) is 3.51. The van der Waals surface area contributed by atoms with E-state index in [0.29, 0.717) is 24.2 Å². The van der Waals surface area contributed by atoms with Crippen LogP contribution in [0.15, 0.2) is 29.3 Å². The number of halogens is 1. The molecule has 1 aromatic rings. The predicted molar refractivity (Wildman–Crippen MR) is 110 cm³/mol. The number of hydrogen-bond acceptors (Lipinski definition) is 2. The number of nitrogens with zero attached hydrogens (tertiary/aromatic N) is 1. The maximum absolute atomic E-state index is 5.92. The van der Waals surface area contributed by atoms with E-state index in [1.54, 1.807) is 0 Å². The Bertz CT molecular complexity index is 546. The van der Waals surface area contributed by atoms with Crippen molar-refractivity contribution in [2.24, 2.45) is 4.99 Å². The minimum absolute atomic E-state index is 0. The van der Waals surface area contributed by atoms with Gasteiger partial charge in [0.05, 0.1) is 18.2 Å². The first kappa shape index (κ1) is 19.5. The molecule has 2 bridgehead atoms. The fourth-order valence-electron chi connectivity index (χ4n) is 3.51. The minimum atomic E-state index is 0. The van der Waals surface area contributed by atoms with Crippen LogP contribution in [0.5, 0.6) is 0 Å². The van der Waals surface area contributed by atoms with Crippen LogP contribution in [0.25, 0.3) is 0 Å². The summed E-state index contributed by atoms with van der Waals surface area (Å²) >= 11 is 0. The van der Waals surface area contributed by atoms with Gasteiger partial charge in [0, 0.05) is 19.0 Å². The van der Waals surface area contributed by atoms with Crippen molar-refractivity contribution in [3.63, 3.8) is 0 Å². The molecular formula is C19H30IN3O. The van der Waals surface area contributed by atoms with Crippen LogP contribution in [0, 0.1) is 6.92 Å². The highest BCUT2D eigenvalue weighted by atomic mass is 127. The van der Waals surface area contributed by atoms with Gasteiger partial charge in [0.2, 0.25) is 0 Å². The number of aliphatic imine (C=N–C) groups is 1. The predicted octanol–water partition coefficient (Wildman–Crippen LogP) is 3.59. The summed E-state index contributed by atoms with van der Waals surface area (Å²) in [6.45, 7) is 8.14. The van der Waals surface area contributed by atoms with Crippen molar-refractivity contribution >= 4 is 29.9 Å². The third-order valence-corrected chi connectivity index (χ3v) is 4.94. The highest BCUT2D eigenvalue weighted by molar-refractivity contribution is 14.0. The Labute approximate surface area is 162 Å². The van der Waals surface area contributed by atoms with E-state index in [9.17, 15) is 0 Å². The molecule has 0 aromatic heterocycles. The molecule has 2 heterocycles. The van der Waals surface area contributed by atoms with Crippen LogP contribution >= 0.6 is 24.0 Å². The van der Waals surface area contributed by atoms with E-state index < -0.39 is 0 Å². The molecule has 2 saturated heterocycles. The molecule has 2 aliphatic heterocycles. The Hall–Kier alpha value is -0.820. The number of fused-ring (bicyclic) bond motifs is 2. The average molecular weight is 443 g/mol. The van der Waals surface area contributed by atoms with Gasteiger partial charge in [-0.15, -0.1) is 24.0 Å². The number of nitrogens with one attached hydrogen (secondary N) is 2. The van der Waals surface area contributed by atoms with Crippen molar-refractivity contribution in [2.75, 3.05) is 13.1 Å². The van der Waals surface area contributed by atoms with Crippen molar-refractivity contribution in [1.82, 2.24) is 10.6 Å². The lowest BCUT2D eigenvalue weighted by Crippen LogP contribution is -2.47. The van der Waals surface area contributed by atoms with E-state index in [-0.39, 0.29) is 24.0 Å². The second-order valence-corrected chi connectivity index (χ2v) is 6.89. The van der Waals surface area contributed by atoms with Crippen molar-refractivity contribution in [3.05, 3.63) is 35.4 Å². The van der Waals surface area contributed by atoms with Gasteiger partial charge in [-0.05, 0) is 38.7 Å². The Morgan fingerprint density at radius 3 is 2.62 bits per heavy atom. The SMILES string of the molecule is CCNC(=NCC(C)c1ccc(C)cc1)NC1CC2CCC1O2.I. The van der Waals surface area contributed by atoms with Crippen LogP contribution in [-0.4, -0.2) is 37.3 Å². The standard InChI is InChI=1S/C19H29N3O.HI/c1-4-20-19(22-17-11-16-9-10-18(17)23-16)21-12-14(3)15-7-5-13(2)6-8-15;/h5-8,14,16-18H,4,9-12H2,1-3H3,(H2,20,21,22);1H. The Balaban J connectivity index is 0.00000208. The second-order valence-electron chi connectivity index (χ2n) is 6.89. The van der Waals surface area contributed by atoms with Crippen LogP contribution in [0.4, 0.5) is 0 Å². The quantitative estimate of drug-likeness (QED) is 0.416. The normalized spacial score (nSPS) is 26.8. The maximum atomic E-state index is 5.92. The molecule has 4 nitrogen and oxygen atoms in total.